The van der Waals surface area contributed by atoms with Crippen LogP contribution in [0.1, 0.15) is 26.6 Å². The van der Waals surface area contributed by atoms with E-state index in [1.54, 1.807) is 12.4 Å². The van der Waals surface area contributed by atoms with Gasteiger partial charge in [0.2, 0.25) is 0 Å². The molecule has 0 aliphatic heterocycles. The number of likely N-dealkylation sites (N-methyl/N-ethyl adjacent to an activating group) is 2. The van der Waals surface area contributed by atoms with Gasteiger partial charge in [-0.1, -0.05) is 20.8 Å². The zero-order valence-corrected chi connectivity index (χ0v) is 11.8. The second-order valence-electron chi connectivity index (χ2n) is 3.80. The van der Waals surface area contributed by atoms with Crippen molar-refractivity contribution >= 4 is 0 Å². The van der Waals surface area contributed by atoms with Crippen LogP contribution in [0.5, 0.6) is 0 Å². The molecule has 4 nitrogen and oxygen atoms in total. The van der Waals surface area contributed by atoms with Gasteiger partial charge in [0.15, 0.2) is 0 Å². The average Bonchev–Trinajstić information content (AvgIpc) is 2.39. The first kappa shape index (κ1) is 16.0. The third-order valence-corrected chi connectivity index (χ3v) is 2.43. The quantitative estimate of drug-likeness (QED) is 0.757. The molecule has 1 rings (SSSR count). The van der Waals surface area contributed by atoms with Crippen LogP contribution in [-0.4, -0.2) is 53.5 Å². The van der Waals surface area contributed by atoms with Crippen LogP contribution in [0.4, 0.5) is 0 Å². The predicted molar refractivity (Wildman–Crippen MR) is 72.9 cm³/mol. The van der Waals surface area contributed by atoms with Crippen LogP contribution in [0.3, 0.4) is 0 Å². The van der Waals surface area contributed by atoms with Crippen LogP contribution in [0.2, 0.25) is 0 Å². The van der Waals surface area contributed by atoms with E-state index in [1.165, 1.54) is 0 Å². The number of hydrogen-bond donors (Lipinski definition) is 0. The van der Waals surface area contributed by atoms with Crippen LogP contribution >= 0.6 is 0 Å². The van der Waals surface area contributed by atoms with Crippen molar-refractivity contribution in [3.05, 3.63) is 24.3 Å². The van der Waals surface area contributed by atoms with Crippen molar-refractivity contribution in [1.82, 2.24) is 19.8 Å². The minimum Gasteiger partial charge on any atom is -0.305 e. The molecule has 0 saturated heterocycles. The highest BCUT2D eigenvalue weighted by Crippen LogP contribution is 1.94. The van der Waals surface area contributed by atoms with Crippen LogP contribution in [0.25, 0.3) is 0 Å². The number of aromatic nitrogens is 2. The van der Waals surface area contributed by atoms with Gasteiger partial charge in [0, 0.05) is 25.5 Å². The largest absolute Gasteiger partial charge is 0.305 e. The summed E-state index contributed by atoms with van der Waals surface area (Å²) < 4.78 is 0. The van der Waals surface area contributed by atoms with E-state index in [2.05, 4.69) is 40.8 Å². The lowest BCUT2D eigenvalue weighted by Gasteiger charge is -2.20. The molecule has 0 aromatic carbocycles. The molecule has 0 saturated carbocycles. The molecule has 0 fully saturated rings. The van der Waals surface area contributed by atoms with E-state index in [9.17, 15) is 0 Å². The molecular formula is C13H26N4. The van der Waals surface area contributed by atoms with Crippen molar-refractivity contribution in [2.75, 3.05) is 33.7 Å². The molecule has 0 aliphatic rings. The van der Waals surface area contributed by atoms with Crippen LogP contribution in [-0.2, 0) is 6.54 Å². The fourth-order valence-corrected chi connectivity index (χ4v) is 1.23. The van der Waals surface area contributed by atoms with Gasteiger partial charge in [-0.3, -0.25) is 4.90 Å². The Kier molecular flexibility index (Phi) is 9.57. The van der Waals surface area contributed by atoms with Crippen molar-refractivity contribution in [3.63, 3.8) is 0 Å². The Morgan fingerprint density at radius 1 is 1.00 bits per heavy atom. The number of rotatable bonds is 6. The Labute approximate surface area is 106 Å². The van der Waals surface area contributed by atoms with E-state index >= 15 is 0 Å². The van der Waals surface area contributed by atoms with E-state index in [-0.39, 0.29) is 0 Å². The maximum absolute atomic E-state index is 4.20. The summed E-state index contributed by atoms with van der Waals surface area (Å²) in [7, 11) is 4.23. The smallest absolute Gasteiger partial charge is 0.142 e. The lowest BCUT2D eigenvalue weighted by molar-refractivity contribution is 0.254. The topological polar surface area (TPSA) is 32.3 Å². The van der Waals surface area contributed by atoms with Crippen molar-refractivity contribution in [2.24, 2.45) is 0 Å². The Balaban J connectivity index is 0.00000121. The van der Waals surface area contributed by atoms with Gasteiger partial charge in [0.25, 0.3) is 0 Å². The van der Waals surface area contributed by atoms with Gasteiger partial charge in [0.05, 0.1) is 6.54 Å². The Morgan fingerprint density at radius 3 is 2.06 bits per heavy atom. The summed E-state index contributed by atoms with van der Waals surface area (Å²) in [6, 6.07) is 1.84. The average molecular weight is 238 g/mol. The van der Waals surface area contributed by atoms with Crippen LogP contribution < -0.4 is 0 Å². The third kappa shape index (κ3) is 7.82. The maximum Gasteiger partial charge on any atom is 0.142 e. The van der Waals surface area contributed by atoms with E-state index in [0.717, 1.165) is 32.0 Å². The molecule has 1 heterocycles. The lowest BCUT2D eigenvalue weighted by Crippen LogP contribution is -2.30. The van der Waals surface area contributed by atoms with Crippen LogP contribution in [0, 0.1) is 0 Å². The monoisotopic (exact) mass is 238 g/mol. The predicted octanol–water partition coefficient (Wildman–Crippen LogP) is 1.89. The minimum atomic E-state index is 0.818. The molecule has 0 unspecified atom stereocenters. The standard InChI is InChI=1S/C11H20N4.C2H6/c1-4-14(2)8-9-15(3)10-11-12-6-5-7-13-11;1-2/h5-7H,4,8-10H2,1-3H3;1-2H3. The van der Waals surface area contributed by atoms with Gasteiger partial charge >= 0.3 is 0 Å². The van der Waals surface area contributed by atoms with Crippen molar-refractivity contribution < 1.29 is 0 Å². The fraction of sp³-hybridized carbons (Fsp3) is 0.692. The van der Waals surface area contributed by atoms with E-state index in [1.807, 2.05) is 19.9 Å². The molecule has 0 atom stereocenters. The second-order valence-corrected chi connectivity index (χ2v) is 3.80. The summed E-state index contributed by atoms with van der Waals surface area (Å²) in [5.41, 5.74) is 0. The summed E-state index contributed by atoms with van der Waals surface area (Å²) in [6.07, 6.45) is 3.57. The first-order valence-electron chi connectivity index (χ1n) is 6.35. The maximum atomic E-state index is 4.20. The molecule has 98 valence electrons. The molecule has 0 radical (unpaired) electrons. The van der Waals surface area contributed by atoms with Gasteiger partial charge < -0.3 is 4.90 Å². The van der Waals surface area contributed by atoms with Gasteiger partial charge in [0.1, 0.15) is 5.82 Å². The van der Waals surface area contributed by atoms with E-state index < -0.39 is 0 Å². The molecule has 1 aromatic heterocycles. The van der Waals surface area contributed by atoms with Crippen LogP contribution in [0.15, 0.2) is 18.5 Å². The summed E-state index contributed by atoms with van der Waals surface area (Å²) in [5, 5.41) is 0. The second kappa shape index (κ2) is 10.2. The minimum absolute atomic E-state index is 0.818. The Morgan fingerprint density at radius 2 is 1.53 bits per heavy atom. The number of nitrogens with zero attached hydrogens (tertiary/aromatic N) is 4. The first-order valence-corrected chi connectivity index (χ1v) is 6.35. The molecule has 0 N–H and O–H groups in total. The molecule has 0 bridgehead atoms. The summed E-state index contributed by atoms with van der Waals surface area (Å²) in [4.78, 5) is 12.9. The third-order valence-electron chi connectivity index (χ3n) is 2.43. The molecule has 1 aromatic rings. The first-order chi connectivity index (χ1) is 8.22. The van der Waals surface area contributed by atoms with Gasteiger partial charge in [-0.25, -0.2) is 9.97 Å². The zero-order valence-electron chi connectivity index (χ0n) is 11.8. The fourth-order valence-electron chi connectivity index (χ4n) is 1.23. The summed E-state index contributed by atoms with van der Waals surface area (Å²) in [5.74, 6) is 0.888. The summed E-state index contributed by atoms with van der Waals surface area (Å²) >= 11 is 0. The molecule has 17 heavy (non-hydrogen) atoms. The van der Waals surface area contributed by atoms with Crippen molar-refractivity contribution in [2.45, 2.75) is 27.3 Å². The molecular weight excluding hydrogens is 212 g/mol. The van der Waals surface area contributed by atoms with Gasteiger partial charge in [-0.2, -0.15) is 0 Å². The lowest BCUT2D eigenvalue weighted by atomic mass is 10.4. The summed E-state index contributed by atoms with van der Waals surface area (Å²) in [6.45, 7) is 10.2. The normalized spacial score (nSPS) is 10.3. The SMILES string of the molecule is CC.CCN(C)CCN(C)Cc1ncccn1. The van der Waals surface area contributed by atoms with Gasteiger partial charge in [-0.05, 0) is 26.7 Å². The number of hydrogen-bond acceptors (Lipinski definition) is 4. The van der Waals surface area contributed by atoms with Crippen molar-refractivity contribution in [1.29, 1.82) is 0 Å². The highest BCUT2D eigenvalue weighted by molar-refractivity contribution is 4.87. The Hall–Kier alpha value is -1.00. The van der Waals surface area contributed by atoms with E-state index in [4.69, 9.17) is 0 Å². The highest BCUT2D eigenvalue weighted by atomic mass is 15.2. The van der Waals surface area contributed by atoms with E-state index in [0.29, 0.717) is 0 Å². The highest BCUT2D eigenvalue weighted by Gasteiger charge is 2.02. The van der Waals surface area contributed by atoms with Crippen molar-refractivity contribution in [3.8, 4) is 0 Å². The molecule has 0 spiro atoms. The van der Waals surface area contributed by atoms with Gasteiger partial charge in [-0.15, -0.1) is 0 Å². The molecule has 0 aliphatic carbocycles. The zero-order chi connectivity index (χ0) is 13.1. The Bertz CT molecular complexity index is 263. The molecule has 4 heteroatoms. The molecule has 0 amide bonds.